The maximum absolute atomic E-state index is 10.2. The number of hydrogen-bond acceptors (Lipinski definition) is 8. The molecule has 0 spiro atoms. The van der Waals surface area contributed by atoms with Crippen molar-refractivity contribution >= 4 is 5.97 Å². The lowest BCUT2D eigenvalue weighted by Crippen LogP contribution is -2.46. The normalized spacial score (nSPS) is 17.4. The van der Waals surface area contributed by atoms with Gasteiger partial charge >= 0.3 is 5.97 Å². The average Bonchev–Trinajstić information content (AvgIpc) is 2.17. The van der Waals surface area contributed by atoms with Gasteiger partial charge in [-0.1, -0.05) is 0 Å². The third kappa shape index (κ3) is 3.51. The fourth-order valence-electron chi connectivity index (χ4n) is 0.728. The van der Waals surface area contributed by atoms with E-state index < -0.39 is 30.9 Å². The minimum Gasteiger partial charge on any atom is -0.479 e. The van der Waals surface area contributed by atoms with Crippen molar-refractivity contribution < 1.29 is 45.4 Å². The molecule has 14 heavy (non-hydrogen) atoms. The molecule has 0 rings (SSSR count). The molecule has 0 aliphatic heterocycles. The quantitative estimate of drug-likeness (QED) is 0.256. The van der Waals surface area contributed by atoms with Crippen LogP contribution in [0.25, 0.3) is 0 Å². The summed E-state index contributed by atoms with van der Waals surface area (Å²) in [5, 5.41) is 41.6. The Morgan fingerprint density at radius 2 is 1.79 bits per heavy atom. The highest BCUT2D eigenvalue weighted by Crippen LogP contribution is 2.08. The van der Waals surface area contributed by atoms with Crippen LogP contribution in [0.3, 0.4) is 0 Å². The molecule has 0 aliphatic rings. The molecule has 0 aromatic carbocycles. The van der Waals surface area contributed by atoms with Gasteiger partial charge in [0.05, 0.1) is 0 Å². The Labute approximate surface area is 77.5 Å². The predicted molar refractivity (Wildman–Crippen MR) is 37.2 cm³/mol. The number of rotatable bonds is 7. The van der Waals surface area contributed by atoms with E-state index in [2.05, 4.69) is 14.7 Å². The molecule has 0 saturated carbocycles. The zero-order chi connectivity index (χ0) is 11.1. The predicted octanol–water partition coefficient (Wildman–Crippen LogP) is -1.36. The molecule has 0 bridgehead atoms. The van der Waals surface area contributed by atoms with Gasteiger partial charge in [0.1, 0.15) is 6.61 Å². The van der Waals surface area contributed by atoms with Crippen LogP contribution < -0.4 is 0 Å². The second-order valence-electron chi connectivity index (χ2n) is 2.29. The molecule has 5 N–H and O–H groups in total. The molecule has 9 heteroatoms. The van der Waals surface area contributed by atoms with Crippen LogP contribution in [0.5, 0.6) is 0 Å². The molecule has 84 valence electrons. The van der Waals surface area contributed by atoms with E-state index in [4.69, 9.17) is 26.0 Å². The number of carbonyl (C=O) groups is 1. The van der Waals surface area contributed by atoms with Crippen molar-refractivity contribution in [2.24, 2.45) is 0 Å². The zero-order valence-corrected chi connectivity index (χ0v) is 6.81. The van der Waals surface area contributed by atoms with Crippen molar-refractivity contribution in [3.8, 4) is 0 Å². The molecular formula is C5H10O9. The van der Waals surface area contributed by atoms with E-state index >= 15 is 0 Å². The Hall–Kier alpha value is -0.810. The highest BCUT2D eigenvalue weighted by molar-refractivity contribution is 5.72. The molecular weight excluding hydrogens is 204 g/mol. The number of hydrogen-bond donors (Lipinski definition) is 5. The number of carboxylic acids is 1. The van der Waals surface area contributed by atoms with E-state index in [0.717, 1.165) is 0 Å². The Kier molecular flexibility index (Phi) is 6.23. The molecule has 3 atom stereocenters. The van der Waals surface area contributed by atoms with Crippen LogP contribution in [0.1, 0.15) is 0 Å². The summed E-state index contributed by atoms with van der Waals surface area (Å²) < 4.78 is 0. The molecule has 0 aromatic rings. The van der Waals surface area contributed by atoms with E-state index in [1.807, 2.05) is 0 Å². The minimum atomic E-state index is -2.15. The van der Waals surface area contributed by atoms with Gasteiger partial charge < -0.3 is 10.2 Å². The zero-order valence-electron chi connectivity index (χ0n) is 6.81. The fraction of sp³-hybridized carbons (Fsp3) is 0.800. The number of aliphatic carboxylic acids is 1. The van der Waals surface area contributed by atoms with Crippen LogP contribution >= 0.6 is 0 Å². The highest BCUT2D eigenvalue weighted by atomic mass is 17.2. The van der Waals surface area contributed by atoms with E-state index in [9.17, 15) is 4.79 Å². The van der Waals surface area contributed by atoms with Crippen LogP contribution in [0.15, 0.2) is 0 Å². The second kappa shape index (κ2) is 6.62. The lowest BCUT2D eigenvalue weighted by atomic mass is 10.1. The first kappa shape index (κ1) is 13.2. The summed E-state index contributed by atoms with van der Waals surface area (Å²) in [6, 6.07) is 0. The van der Waals surface area contributed by atoms with E-state index in [1.54, 1.807) is 0 Å². The van der Waals surface area contributed by atoms with Crippen LogP contribution in [-0.2, 0) is 19.5 Å². The Bertz CT molecular complexity index is 171. The topological polar surface area (TPSA) is 146 Å². The maximum Gasteiger partial charge on any atom is 0.335 e. The summed E-state index contributed by atoms with van der Waals surface area (Å²) in [7, 11) is 0. The Morgan fingerprint density at radius 3 is 2.07 bits per heavy atom. The molecule has 0 fully saturated rings. The van der Waals surface area contributed by atoms with Crippen molar-refractivity contribution in [2.75, 3.05) is 6.61 Å². The van der Waals surface area contributed by atoms with Gasteiger partial charge in [0, 0.05) is 0 Å². The van der Waals surface area contributed by atoms with Gasteiger partial charge in [0.25, 0.3) is 0 Å². The maximum atomic E-state index is 10.2. The van der Waals surface area contributed by atoms with Gasteiger partial charge in [-0.3, -0.25) is 15.8 Å². The van der Waals surface area contributed by atoms with Crippen LogP contribution in [0, 0.1) is 0 Å². The molecule has 0 aliphatic carbocycles. The van der Waals surface area contributed by atoms with Gasteiger partial charge in [-0.05, 0) is 0 Å². The third-order valence-electron chi connectivity index (χ3n) is 1.43. The molecule has 9 nitrogen and oxygen atoms in total. The van der Waals surface area contributed by atoms with Crippen molar-refractivity contribution in [1.29, 1.82) is 0 Å². The lowest BCUT2D eigenvalue weighted by Gasteiger charge is -2.22. The van der Waals surface area contributed by atoms with Crippen LogP contribution in [0.4, 0.5) is 0 Å². The summed E-state index contributed by atoms with van der Waals surface area (Å²) in [4.78, 5) is 21.0. The first-order chi connectivity index (χ1) is 6.58. The van der Waals surface area contributed by atoms with Gasteiger partial charge in [-0.15, -0.1) is 0 Å². The van der Waals surface area contributed by atoms with Crippen LogP contribution in [0.2, 0.25) is 0 Å². The number of aliphatic hydroxyl groups excluding tert-OH is 1. The van der Waals surface area contributed by atoms with E-state index in [0.29, 0.717) is 0 Å². The molecule has 0 aromatic heterocycles. The minimum absolute atomic E-state index is 0.702. The summed E-state index contributed by atoms with van der Waals surface area (Å²) in [6.07, 6.45) is -5.51. The number of carboxylic acid groups (broad SMARTS) is 1. The second-order valence-corrected chi connectivity index (χ2v) is 2.29. The summed E-state index contributed by atoms with van der Waals surface area (Å²) in [6.45, 7) is -0.702. The molecule has 0 amide bonds. The summed E-state index contributed by atoms with van der Waals surface area (Å²) >= 11 is 0. The van der Waals surface area contributed by atoms with Crippen molar-refractivity contribution in [3.63, 3.8) is 0 Å². The third-order valence-corrected chi connectivity index (χ3v) is 1.43. The fourth-order valence-corrected chi connectivity index (χ4v) is 0.728. The lowest BCUT2D eigenvalue weighted by molar-refractivity contribution is -0.386. The molecule has 0 heterocycles. The Balaban J connectivity index is 4.41. The first-order valence-electron chi connectivity index (χ1n) is 3.36. The molecule has 3 unspecified atom stereocenters. The van der Waals surface area contributed by atoms with Gasteiger partial charge in [0.2, 0.25) is 0 Å². The average molecular weight is 214 g/mol. The molecule has 0 saturated heterocycles. The van der Waals surface area contributed by atoms with Crippen molar-refractivity contribution in [2.45, 2.75) is 18.3 Å². The van der Waals surface area contributed by atoms with Crippen LogP contribution in [-0.4, -0.2) is 56.9 Å². The highest BCUT2D eigenvalue weighted by Gasteiger charge is 2.36. The number of aliphatic hydroxyl groups is 1. The largest absolute Gasteiger partial charge is 0.479 e. The smallest absolute Gasteiger partial charge is 0.335 e. The van der Waals surface area contributed by atoms with E-state index in [1.165, 1.54) is 0 Å². The van der Waals surface area contributed by atoms with Gasteiger partial charge in [-0.25, -0.2) is 19.5 Å². The summed E-state index contributed by atoms with van der Waals surface area (Å²) in [5.41, 5.74) is 0. The van der Waals surface area contributed by atoms with Crippen molar-refractivity contribution in [1.82, 2.24) is 0 Å². The Morgan fingerprint density at radius 1 is 1.21 bits per heavy atom. The van der Waals surface area contributed by atoms with E-state index in [-0.39, 0.29) is 0 Å². The first-order valence-corrected chi connectivity index (χ1v) is 3.36. The van der Waals surface area contributed by atoms with Gasteiger partial charge in [0.15, 0.2) is 18.3 Å². The van der Waals surface area contributed by atoms with Gasteiger partial charge in [-0.2, -0.15) is 0 Å². The SMILES string of the molecule is O=C(O)C(O)C(OO)C(COO)OO. The molecule has 0 radical (unpaired) electrons. The standard InChI is InChI=1S/C5H10O9/c6-3(5(7)8)4(14-11)2(13-10)1-12-9/h2-4,6,9-11H,1H2,(H,7,8). The van der Waals surface area contributed by atoms with Crippen molar-refractivity contribution in [3.05, 3.63) is 0 Å². The summed E-state index contributed by atoms with van der Waals surface area (Å²) in [5.74, 6) is -1.70. The monoisotopic (exact) mass is 214 g/mol.